The van der Waals surface area contributed by atoms with Gasteiger partial charge in [-0.25, -0.2) is 4.39 Å². The van der Waals surface area contributed by atoms with Crippen LogP contribution in [0.2, 0.25) is 0 Å². The van der Waals surface area contributed by atoms with Crippen LogP contribution >= 0.6 is 0 Å². The highest BCUT2D eigenvalue weighted by Crippen LogP contribution is 2.33. The Morgan fingerprint density at radius 1 is 1.36 bits per heavy atom. The molecule has 2 aromatic rings. The first-order chi connectivity index (χ1) is 11.9. The summed E-state index contributed by atoms with van der Waals surface area (Å²) in [6.45, 7) is 7.12. The average molecular weight is 345 g/mol. The van der Waals surface area contributed by atoms with Gasteiger partial charge in [0.2, 0.25) is 0 Å². The number of aliphatic hydroxyl groups is 1. The van der Waals surface area contributed by atoms with E-state index in [0.717, 1.165) is 17.8 Å². The first-order valence-electron chi connectivity index (χ1n) is 8.63. The highest BCUT2D eigenvalue weighted by Gasteiger charge is 2.36. The maximum absolute atomic E-state index is 13.2. The minimum Gasteiger partial charge on any atom is -0.391 e. The van der Waals surface area contributed by atoms with Crippen LogP contribution < -0.4 is 0 Å². The van der Waals surface area contributed by atoms with Crippen LogP contribution in [0.5, 0.6) is 0 Å². The zero-order chi connectivity index (χ0) is 18.1. The fraction of sp³-hybridized carbons (Fsp3) is 0.474. The molecule has 134 valence electrons. The number of aliphatic hydroxyl groups excluding tert-OH is 1. The lowest BCUT2D eigenvalue weighted by molar-refractivity contribution is 0.0715. The lowest BCUT2D eigenvalue weighted by Gasteiger charge is -2.24. The molecule has 0 saturated carbocycles. The minimum absolute atomic E-state index is 0.140. The van der Waals surface area contributed by atoms with Crippen molar-refractivity contribution < 1.29 is 14.3 Å². The van der Waals surface area contributed by atoms with Gasteiger partial charge in [0, 0.05) is 18.8 Å². The summed E-state index contributed by atoms with van der Waals surface area (Å²) in [5, 5.41) is 14.4. The SMILES string of the molecule is Cc1c(C(=O)N2C[C@@H](O)C[C@@H]2c2ccc(F)cc2)cnn1CC(C)C. The van der Waals surface area contributed by atoms with Gasteiger partial charge in [0.1, 0.15) is 5.82 Å². The summed E-state index contributed by atoms with van der Waals surface area (Å²) in [5.74, 6) is -0.0218. The van der Waals surface area contributed by atoms with Crippen molar-refractivity contribution in [3.8, 4) is 0 Å². The lowest BCUT2D eigenvalue weighted by atomic mass is 10.0. The molecular formula is C19H24FN3O2. The van der Waals surface area contributed by atoms with Crippen molar-refractivity contribution in [1.82, 2.24) is 14.7 Å². The van der Waals surface area contributed by atoms with Gasteiger partial charge in [0.05, 0.1) is 23.9 Å². The summed E-state index contributed by atoms with van der Waals surface area (Å²) in [7, 11) is 0. The number of amides is 1. The summed E-state index contributed by atoms with van der Waals surface area (Å²) >= 11 is 0. The van der Waals surface area contributed by atoms with Crippen LogP contribution in [0, 0.1) is 18.7 Å². The fourth-order valence-corrected chi connectivity index (χ4v) is 3.38. The topological polar surface area (TPSA) is 58.4 Å². The number of nitrogens with zero attached hydrogens (tertiary/aromatic N) is 3. The molecule has 25 heavy (non-hydrogen) atoms. The highest BCUT2D eigenvalue weighted by molar-refractivity contribution is 5.95. The van der Waals surface area contributed by atoms with E-state index in [1.807, 2.05) is 11.6 Å². The largest absolute Gasteiger partial charge is 0.391 e. The van der Waals surface area contributed by atoms with Gasteiger partial charge in [-0.1, -0.05) is 26.0 Å². The van der Waals surface area contributed by atoms with Crippen LogP contribution in [0.25, 0.3) is 0 Å². The molecule has 1 saturated heterocycles. The normalized spacial score (nSPS) is 20.5. The smallest absolute Gasteiger partial charge is 0.257 e. The maximum atomic E-state index is 13.2. The van der Waals surface area contributed by atoms with Gasteiger partial charge >= 0.3 is 0 Å². The van der Waals surface area contributed by atoms with Crippen molar-refractivity contribution in [3.05, 3.63) is 53.1 Å². The van der Waals surface area contributed by atoms with Crippen molar-refractivity contribution in [2.45, 2.75) is 45.9 Å². The maximum Gasteiger partial charge on any atom is 0.257 e. The van der Waals surface area contributed by atoms with Crippen molar-refractivity contribution >= 4 is 5.91 Å². The molecule has 5 nitrogen and oxygen atoms in total. The van der Waals surface area contributed by atoms with Crippen molar-refractivity contribution in [2.24, 2.45) is 5.92 Å². The number of carbonyl (C=O) groups is 1. The van der Waals surface area contributed by atoms with Crippen LogP contribution in [-0.4, -0.2) is 38.3 Å². The Kier molecular flexibility index (Phi) is 4.90. The summed E-state index contributed by atoms with van der Waals surface area (Å²) < 4.78 is 15.0. The van der Waals surface area contributed by atoms with E-state index >= 15 is 0 Å². The summed E-state index contributed by atoms with van der Waals surface area (Å²) in [5.41, 5.74) is 2.22. The molecule has 1 aliphatic heterocycles. The third-order valence-corrected chi connectivity index (χ3v) is 4.67. The Labute approximate surface area is 147 Å². The molecule has 2 heterocycles. The molecule has 6 heteroatoms. The number of rotatable bonds is 4. The number of carbonyl (C=O) groups excluding carboxylic acids is 1. The Morgan fingerprint density at radius 3 is 2.68 bits per heavy atom. The second-order valence-corrected chi connectivity index (χ2v) is 7.13. The number of aromatic nitrogens is 2. The third kappa shape index (κ3) is 3.58. The quantitative estimate of drug-likeness (QED) is 0.927. The molecule has 0 bridgehead atoms. The molecule has 1 aromatic heterocycles. The molecule has 0 unspecified atom stereocenters. The molecule has 0 radical (unpaired) electrons. The number of hydrogen-bond acceptors (Lipinski definition) is 3. The van der Waals surface area contributed by atoms with Gasteiger partial charge < -0.3 is 10.0 Å². The van der Waals surface area contributed by atoms with E-state index in [4.69, 9.17) is 0 Å². The number of likely N-dealkylation sites (tertiary alicyclic amines) is 1. The first kappa shape index (κ1) is 17.6. The molecule has 3 rings (SSSR count). The van der Waals surface area contributed by atoms with Gasteiger partial charge in [-0.2, -0.15) is 5.10 Å². The van der Waals surface area contributed by atoms with E-state index < -0.39 is 6.10 Å². The van der Waals surface area contributed by atoms with Gasteiger partial charge in [-0.3, -0.25) is 9.48 Å². The number of benzene rings is 1. The minimum atomic E-state index is -0.579. The van der Waals surface area contributed by atoms with Crippen LogP contribution in [0.15, 0.2) is 30.5 Å². The number of halogens is 1. The Bertz CT molecular complexity index is 755. The van der Waals surface area contributed by atoms with E-state index in [0.29, 0.717) is 17.9 Å². The molecule has 1 aliphatic rings. The molecule has 0 spiro atoms. The zero-order valence-electron chi connectivity index (χ0n) is 14.8. The molecule has 1 aromatic carbocycles. The second-order valence-electron chi connectivity index (χ2n) is 7.13. The monoisotopic (exact) mass is 345 g/mol. The van der Waals surface area contributed by atoms with Gasteiger partial charge in [-0.05, 0) is 37.0 Å². The Hall–Kier alpha value is -2.21. The highest BCUT2D eigenvalue weighted by atomic mass is 19.1. The molecular weight excluding hydrogens is 321 g/mol. The van der Waals surface area contributed by atoms with E-state index in [2.05, 4.69) is 18.9 Å². The van der Waals surface area contributed by atoms with E-state index in [-0.39, 0.29) is 24.3 Å². The van der Waals surface area contributed by atoms with E-state index in [1.54, 1.807) is 23.2 Å². The average Bonchev–Trinajstić information content (AvgIpc) is 3.11. The third-order valence-electron chi connectivity index (χ3n) is 4.67. The molecule has 0 aliphatic carbocycles. The van der Waals surface area contributed by atoms with Crippen LogP contribution in [0.3, 0.4) is 0 Å². The lowest BCUT2D eigenvalue weighted by Crippen LogP contribution is -2.32. The van der Waals surface area contributed by atoms with Crippen molar-refractivity contribution in [2.75, 3.05) is 6.54 Å². The van der Waals surface area contributed by atoms with Gasteiger partial charge in [0.15, 0.2) is 0 Å². The second kappa shape index (κ2) is 6.96. The summed E-state index contributed by atoms with van der Waals surface area (Å²) in [6.07, 6.45) is 1.48. The molecule has 1 fully saturated rings. The summed E-state index contributed by atoms with van der Waals surface area (Å²) in [4.78, 5) is 14.7. The summed E-state index contributed by atoms with van der Waals surface area (Å²) in [6, 6.07) is 5.86. The van der Waals surface area contributed by atoms with E-state index in [9.17, 15) is 14.3 Å². The predicted octanol–water partition coefficient (Wildman–Crippen LogP) is 2.93. The Balaban J connectivity index is 1.87. The van der Waals surface area contributed by atoms with E-state index in [1.165, 1.54) is 12.1 Å². The molecule has 1 N–H and O–H groups in total. The van der Waals surface area contributed by atoms with Crippen LogP contribution in [0.4, 0.5) is 4.39 Å². The van der Waals surface area contributed by atoms with Crippen molar-refractivity contribution in [3.63, 3.8) is 0 Å². The van der Waals surface area contributed by atoms with Crippen LogP contribution in [0.1, 0.15) is 47.9 Å². The molecule has 1 amide bonds. The predicted molar refractivity (Wildman–Crippen MR) is 92.6 cm³/mol. The number of hydrogen-bond donors (Lipinski definition) is 1. The first-order valence-corrected chi connectivity index (χ1v) is 8.63. The standard InChI is InChI=1S/C19H24FN3O2/c1-12(2)10-23-13(3)17(9-21-23)19(25)22-11-16(24)8-18(22)14-4-6-15(20)7-5-14/h4-7,9,12,16,18,24H,8,10-11H2,1-3H3/t16-,18+/m0/s1. The zero-order valence-corrected chi connectivity index (χ0v) is 14.8. The molecule has 2 atom stereocenters. The fourth-order valence-electron chi connectivity index (χ4n) is 3.38. The van der Waals surface area contributed by atoms with Gasteiger partial charge in [-0.15, -0.1) is 0 Å². The van der Waals surface area contributed by atoms with Crippen molar-refractivity contribution in [1.29, 1.82) is 0 Å². The number of β-amino-alcohol motifs (C(OH)–C–C–N with tert-alkyl or cyclic N) is 1. The van der Waals surface area contributed by atoms with Gasteiger partial charge in [0.25, 0.3) is 5.91 Å². The van der Waals surface area contributed by atoms with Crippen LogP contribution in [-0.2, 0) is 6.54 Å². The Morgan fingerprint density at radius 2 is 2.04 bits per heavy atom.